The van der Waals surface area contributed by atoms with Crippen molar-refractivity contribution in [3.05, 3.63) is 48.4 Å². The van der Waals surface area contributed by atoms with E-state index < -0.39 is 0 Å². The summed E-state index contributed by atoms with van der Waals surface area (Å²) in [4.78, 5) is 0. The fraction of sp³-hybridized carbons (Fsp3) is 0.412. The van der Waals surface area contributed by atoms with E-state index in [2.05, 4.69) is 25.2 Å². The number of benzene rings is 1. The molecule has 0 fully saturated rings. The van der Waals surface area contributed by atoms with Crippen LogP contribution in [0.25, 0.3) is 0 Å². The van der Waals surface area contributed by atoms with Gasteiger partial charge in [0.15, 0.2) is 0 Å². The molecular formula is C17H23NO2. The van der Waals surface area contributed by atoms with Crippen molar-refractivity contribution < 1.29 is 9.15 Å². The molecule has 1 heterocycles. The molecule has 20 heavy (non-hydrogen) atoms. The molecule has 0 bridgehead atoms. The molecule has 1 aromatic carbocycles. The lowest BCUT2D eigenvalue weighted by atomic mass is 10.1. The van der Waals surface area contributed by atoms with Gasteiger partial charge in [-0.15, -0.1) is 0 Å². The molecule has 0 saturated heterocycles. The van der Waals surface area contributed by atoms with Gasteiger partial charge in [-0.3, -0.25) is 0 Å². The van der Waals surface area contributed by atoms with Crippen LogP contribution in [0.15, 0.2) is 47.1 Å². The number of furan rings is 1. The van der Waals surface area contributed by atoms with Crippen LogP contribution in [0.3, 0.4) is 0 Å². The first-order valence-corrected chi connectivity index (χ1v) is 7.30. The van der Waals surface area contributed by atoms with Crippen molar-refractivity contribution in [3.63, 3.8) is 0 Å². The lowest BCUT2D eigenvalue weighted by Crippen LogP contribution is -2.16. The van der Waals surface area contributed by atoms with Crippen molar-refractivity contribution in [1.29, 1.82) is 0 Å². The lowest BCUT2D eigenvalue weighted by Gasteiger charge is -2.18. The van der Waals surface area contributed by atoms with Crippen LogP contribution >= 0.6 is 0 Å². The monoisotopic (exact) mass is 273 g/mol. The Morgan fingerprint density at radius 1 is 1.20 bits per heavy atom. The molecule has 1 atom stereocenters. The number of aryl methyl sites for hydroxylation is 1. The summed E-state index contributed by atoms with van der Waals surface area (Å²) in [5.41, 5.74) is 1.06. The van der Waals surface area contributed by atoms with Gasteiger partial charge in [-0.05, 0) is 44.0 Å². The Morgan fingerprint density at radius 2 is 2.05 bits per heavy atom. The third kappa shape index (κ3) is 4.34. The van der Waals surface area contributed by atoms with E-state index in [0.717, 1.165) is 43.1 Å². The van der Waals surface area contributed by atoms with E-state index in [-0.39, 0.29) is 0 Å². The largest absolute Gasteiger partial charge is 0.491 e. The number of rotatable bonds is 8. The van der Waals surface area contributed by atoms with Crippen LogP contribution in [-0.2, 0) is 6.42 Å². The molecule has 0 aliphatic carbocycles. The van der Waals surface area contributed by atoms with Crippen LogP contribution in [0.1, 0.15) is 32.4 Å². The summed E-state index contributed by atoms with van der Waals surface area (Å²) in [6, 6.07) is 12.4. The molecule has 0 aliphatic rings. The molecule has 0 aliphatic heterocycles. The zero-order valence-electron chi connectivity index (χ0n) is 12.3. The first-order valence-electron chi connectivity index (χ1n) is 7.30. The van der Waals surface area contributed by atoms with E-state index in [4.69, 9.17) is 9.15 Å². The van der Waals surface area contributed by atoms with Crippen molar-refractivity contribution in [2.45, 2.75) is 39.2 Å². The second-order valence-corrected chi connectivity index (χ2v) is 5.01. The standard InChI is InChI=1S/C17H23NO2/c1-3-12-20-17-9-5-4-8-16(17)18-14(2)10-11-15-7-6-13-19-15/h4-9,13-14,18H,3,10-12H2,1-2H3. The van der Waals surface area contributed by atoms with Gasteiger partial charge in [-0.2, -0.15) is 0 Å². The van der Waals surface area contributed by atoms with Crippen LogP contribution in [0, 0.1) is 0 Å². The molecule has 2 rings (SSSR count). The van der Waals surface area contributed by atoms with Gasteiger partial charge in [0.25, 0.3) is 0 Å². The Hall–Kier alpha value is -1.90. The Morgan fingerprint density at radius 3 is 2.80 bits per heavy atom. The van der Waals surface area contributed by atoms with Crippen LogP contribution in [0.5, 0.6) is 5.75 Å². The second-order valence-electron chi connectivity index (χ2n) is 5.01. The zero-order chi connectivity index (χ0) is 14.2. The highest BCUT2D eigenvalue weighted by Gasteiger charge is 2.08. The van der Waals surface area contributed by atoms with Gasteiger partial charge in [0.1, 0.15) is 11.5 Å². The predicted octanol–water partition coefficient (Wildman–Crippen LogP) is 4.50. The smallest absolute Gasteiger partial charge is 0.142 e. The Labute approximate surface area is 121 Å². The summed E-state index contributed by atoms with van der Waals surface area (Å²) >= 11 is 0. The summed E-state index contributed by atoms with van der Waals surface area (Å²) in [5, 5.41) is 3.52. The summed E-state index contributed by atoms with van der Waals surface area (Å²) in [7, 11) is 0. The molecule has 1 N–H and O–H groups in total. The van der Waals surface area contributed by atoms with E-state index in [9.17, 15) is 0 Å². The van der Waals surface area contributed by atoms with Crippen LogP contribution in [-0.4, -0.2) is 12.6 Å². The molecule has 0 radical (unpaired) electrons. The van der Waals surface area contributed by atoms with Crippen molar-refractivity contribution in [3.8, 4) is 5.75 Å². The molecule has 3 nitrogen and oxygen atoms in total. The minimum atomic E-state index is 0.367. The van der Waals surface area contributed by atoms with E-state index in [1.807, 2.05) is 30.3 Å². The highest BCUT2D eigenvalue weighted by Crippen LogP contribution is 2.25. The molecular weight excluding hydrogens is 250 g/mol. The van der Waals surface area contributed by atoms with E-state index in [1.54, 1.807) is 6.26 Å². The molecule has 108 valence electrons. The summed E-state index contributed by atoms with van der Waals surface area (Å²) in [5.74, 6) is 1.97. The highest BCUT2D eigenvalue weighted by atomic mass is 16.5. The van der Waals surface area contributed by atoms with Crippen LogP contribution < -0.4 is 10.1 Å². The molecule has 3 heteroatoms. The predicted molar refractivity (Wildman–Crippen MR) is 82.3 cm³/mol. The van der Waals surface area contributed by atoms with Gasteiger partial charge < -0.3 is 14.5 Å². The molecule has 1 aromatic heterocycles. The van der Waals surface area contributed by atoms with Gasteiger partial charge in [0.05, 0.1) is 18.6 Å². The minimum Gasteiger partial charge on any atom is -0.491 e. The number of hydrogen-bond donors (Lipinski definition) is 1. The average molecular weight is 273 g/mol. The lowest BCUT2D eigenvalue weighted by molar-refractivity contribution is 0.318. The zero-order valence-corrected chi connectivity index (χ0v) is 12.3. The number of ether oxygens (including phenoxy) is 1. The summed E-state index contributed by atoms with van der Waals surface area (Å²) in [6.07, 6.45) is 4.71. The van der Waals surface area contributed by atoms with E-state index in [1.165, 1.54) is 0 Å². The van der Waals surface area contributed by atoms with Crippen molar-refractivity contribution in [2.24, 2.45) is 0 Å². The van der Waals surface area contributed by atoms with Crippen LogP contribution in [0.4, 0.5) is 5.69 Å². The SMILES string of the molecule is CCCOc1ccccc1NC(C)CCc1ccco1. The third-order valence-corrected chi connectivity index (χ3v) is 3.15. The van der Waals surface area contributed by atoms with Gasteiger partial charge in [-0.25, -0.2) is 0 Å². The molecule has 0 spiro atoms. The number of hydrogen-bond acceptors (Lipinski definition) is 3. The second kappa shape index (κ2) is 7.63. The molecule has 0 amide bonds. The van der Waals surface area contributed by atoms with Crippen molar-refractivity contribution in [2.75, 3.05) is 11.9 Å². The number of nitrogens with one attached hydrogen (secondary N) is 1. The molecule has 0 saturated carbocycles. The first-order chi connectivity index (χ1) is 9.79. The summed E-state index contributed by atoms with van der Waals surface area (Å²) in [6.45, 7) is 5.04. The maximum absolute atomic E-state index is 5.76. The maximum atomic E-state index is 5.76. The normalized spacial score (nSPS) is 12.1. The molecule has 2 aromatic rings. The first kappa shape index (κ1) is 14.5. The Balaban J connectivity index is 1.88. The Kier molecular flexibility index (Phi) is 5.54. The third-order valence-electron chi connectivity index (χ3n) is 3.15. The fourth-order valence-electron chi connectivity index (χ4n) is 2.07. The van der Waals surface area contributed by atoms with Gasteiger partial charge >= 0.3 is 0 Å². The van der Waals surface area contributed by atoms with Crippen molar-refractivity contribution in [1.82, 2.24) is 0 Å². The number of para-hydroxylation sites is 2. The highest BCUT2D eigenvalue weighted by molar-refractivity contribution is 5.56. The fourth-order valence-corrected chi connectivity index (χ4v) is 2.07. The van der Waals surface area contributed by atoms with Gasteiger partial charge in [0.2, 0.25) is 0 Å². The summed E-state index contributed by atoms with van der Waals surface area (Å²) < 4.78 is 11.1. The quantitative estimate of drug-likeness (QED) is 0.769. The van der Waals surface area contributed by atoms with E-state index in [0.29, 0.717) is 6.04 Å². The van der Waals surface area contributed by atoms with Crippen LogP contribution in [0.2, 0.25) is 0 Å². The van der Waals surface area contributed by atoms with Gasteiger partial charge in [-0.1, -0.05) is 19.1 Å². The van der Waals surface area contributed by atoms with Gasteiger partial charge in [0, 0.05) is 12.5 Å². The maximum Gasteiger partial charge on any atom is 0.142 e. The molecule has 1 unspecified atom stereocenters. The topological polar surface area (TPSA) is 34.4 Å². The van der Waals surface area contributed by atoms with Crippen molar-refractivity contribution >= 4 is 5.69 Å². The number of anilines is 1. The van der Waals surface area contributed by atoms with E-state index >= 15 is 0 Å². The average Bonchev–Trinajstić information content (AvgIpc) is 2.97. The minimum absolute atomic E-state index is 0.367. The Bertz CT molecular complexity index is 493.